The van der Waals surface area contributed by atoms with E-state index < -0.39 is 0 Å². The van der Waals surface area contributed by atoms with Gasteiger partial charge < -0.3 is 15.5 Å². The minimum absolute atomic E-state index is 0.897. The Hall–Kier alpha value is -2.42. The Balaban J connectivity index is 2.78. The Morgan fingerprint density at radius 3 is 1.43 bits per heavy atom. The van der Waals surface area contributed by atoms with Gasteiger partial charge in [0, 0.05) is 60.0 Å². The van der Waals surface area contributed by atoms with Gasteiger partial charge in [0.05, 0.1) is 0 Å². The summed E-state index contributed by atoms with van der Waals surface area (Å²) >= 11 is 0. The average molecular weight is 380 g/mol. The molecular formula is C25H37N3. The van der Waals surface area contributed by atoms with E-state index in [0.717, 1.165) is 44.7 Å². The van der Waals surface area contributed by atoms with Crippen LogP contribution < -0.4 is 15.5 Å². The molecule has 0 atom stereocenters. The monoisotopic (exact) mass is 379 g/mol. The first kappa shape index (κ1) is 21.9. The SMILES string of the molecule is CCCC(N)=C(c1ccccc1N(CC)CC)c1ccccc1N(CC)CC. The summed E-state index contributed by atoms with van der Waals surface area (Å²) in [6.45, 7) is 14.9. The van der Waals surface area contributed by atoms with Crippen LogP contribution in [0.4, 0.5) is 11.4 Å². The van der Waals surface area contributed by atoms with Crippen LogP contribution in [-0.2, 0) is 0 Å². The molecule has 2 N–H and O–H groups in total. The third-order valence-corrected chi connectivity index (χ3v) is 5.40. The number of allylic oxidation sites excluding steroid dienone is 1. The first-order chi connectivity index (χ1) is 13.6. The highest BCUT2D eigenvalue weighted by atomic mass is 15.1. The predicted octanol–water partition coefficient (Wildman–Crippen LogP) is 5.90. The van der Waals surface area contributed by atoms with Gasteiger partial charge in [0.2, 0.25) is 0 Å². The number of hydrogen-bond donors (Lipinski definition) is 1. The van der Waals surface area contributed by atoms with Gasteiger partial charge in [-0.15, -0.1) is 0 Å². The Morgan fingerprint density at radius 1 is 0.679 bits per heavy atom. The van der Waals surface area contributed by atoms with Gasteiger partial charge in [-0.05, 0) is 46.2 Å². The van der Waals surface area contributed by atoms with Gasteiger partial charge in [-0.3, -0.25) is 0 Å². The lowest BCUT2D eigenvalue weighted by atomic mass is 9.91. The highest BCUT2D eigenvalue weighted by Gasteiger charge is 2.20. The van der Waals surface area contributed by atoms with Gasteiger partial charge in [0.25, 0.3) is 0 Å². The molecule has 0 spiro atoms. The van der Waals surface area contributed by atoms with E-state index in [1.165, 1.54) is 28.1 Å². The number of hydrogen-bond acceptors (Lipinski definition) is 3. The lowest BCUT2D eigenvalue weighted by Gasteiger charge is -2.29. The Morgan fingerprint density at radius 2 is 1.07 bits per heavy atom. The molecule has 0 amide bonds. The van der Waals surface area contributed by atoms with Gasteiger partial charge in [-0.1, -0.05) is 49.7 Å². The normalized spacial score (nSPS) is 10.6. The number of nitrogens with zero attached hydrogens (tertiary/aromatic N) is 2. The molecule has 0 fully saturated rings. The molecule has 0 radical (unpaired) electrons. The van der Waals surface area contributed by atoms with Crippen LogP contribution in [0.1, 0.15) is 58.6 Å². The van der Waals surface area contributed by atoms with Crippen molar-refractivity contribution in [3.63, 3.8) is 0 Å². The van der Waals surface area contributed by atoms with Gasteiger partial charge in [-0.2, -0.15) is 0 Å². The molecule has 2 rings (SSSR count). The maximum atomic E-state index is 6.74. The molecule has 0 unspecified atom stereocenters. The molecule has 2 aromatic carbocycles. The fourth-order valence-electron chi connectivity index (χ4n) is 3.94. The van der Waals surface area contributed by atoms with Crippen LogP contribution in [0.25, 0.3) is 5.57 Å². The molecule has 3 heteroatoms. The second-order valence-corrected chi connectivity index (χ2v) is 7.03. The summed E-state index contributed by atoms with van der Waals surface area (Å²) in [6, 6.07) is 17.4. The first-order valence-electron chi connectivity index (χ1n) is 10.8. The molecule has 0 aliphatic rings. The van der Waals surface area contributed by atoms with E-state index in [1.54, 1.807) is 0 Å². The fourth-order valence-corrected chi connectivity index (χ4v) is 3.94. The van der Waals surface area contributed by atoms with Crippen molar-refractivity contribution < 1.29 is 0 Å². The second-order valence-electron chi connectivity index (χ2n) is 7.03. The maximum absolute atomic E-state index is 6.74. The Kier molecular flexibility index (Phi) is 8.43. The lowest BCUT2D eigenvalue weighted by molar-refractivity contribution is 0.859. The van der Waals surface area contributed by atoms with E-state index in [2.05, 4.69) is 92.9 Å². The average Bonchev–Trinajstić information content (AvgIpc) is 2.72. The van der Waals surface area contributed by atoms with Gasteiger partial charge in [0.1, 0.15) is 0 Å². The number of benzene rings is 2. The minimum atomic E-state index is 0.897. The number of para-hydroxylation sites is 2. The molecular weight excluding hydrogens is 342 g/mol. The first-order valence-corrected chi connectivity index (χ1v) is 10.8. The van der Waals surface area contributed by atoms with Crippen molar-refractivity contribution in [3.8, 4) is 0 Å². The molecule has 152 valence electrons. The highest BCUT2D eigenvalue weighted by molar-refractivity contribution is 5.92. The number of rotatable bonds is 10. The van der Waals surface area contributed by atoms with E-state index in [4.69, 9.17) is 5.73 Å². The van der Waals surface area contributed by atoms with Gasteiger partial charge in [-0.25, -0.2) is 0 Å². The predicted molar refractivity (Wildman–Crippen MR) is 125 cm³/mol. The largest absolute Gasteiger partial charge is 0.402 e. The van der Waals surface area contributed by atoms with Crippen LogP contribution in [0.3, 0.4) is 0 Å². The van der Waals surface area contributed by atoms with E-state index in [1.807, 2.05) is 0 Å². The molecule has 0 saturated carbocycles. The van der Waals surface area contributed by atoms with Crippen molar-refractivity contribution in [1.82, 2.24) is 0 Å². The van der Waals surface area contributed by atoms with Crippen LogP contribution in [0.15, 0.2) is 54.2 Å². The quantitative estimate of drug-likeness (QED) is 0.558. The van der Waals surface area contributed by atoms with Crippen LogP contribution >= 0.6 is 0 Å². The molecule has 3 nitrogen and oxygen atoms in total. The summed E-state index contributed by atoms with van der Waals surface area (Å²) in [5.74, 6) is 0. The zero-order valence-electron chi connectivity index (χ0n) is 18.3. The van der Waals surface area contributed by atoms with Crippen LogP contribution in [-0.4, -0.2) is 26.2 Å². The molecule has 0 aromatic heterocycles. The van der Waals surface area contributed by atoms with Crippen LogP contribution in [0, 0.1) is 0 Å². The summed E-state index contributed by atoms with van der Waals surface area (Å²) in [5.41, 5.74) is 13.9. The van der Waals surface area contributed by atoms with Crippen molar-refractivity contribution >= 4 is 16.9 Å². The van der Waals surface area contributed by atoms with Crippen molar-refractivity contribution in [2.24, 2.45) is 5.73 Å². The summed E-state index contributed by atoms with van der Waals surface area (Å²) in [4.78, 5) is 4.82. The minimum Gasteiger partial charge on any atom is -0.402 e. The van der Waals surface area contributed by atoms with E-state index in [9.17, 15) is 0 Å². The van der Waals surface area contributed by atoms with E-state index in [0.29, 0.717) is 0 Å². The summed E-state index contributed by atoms with van der Waals surface area (Å²) in [7, 11) is 0. The molecule has 0 bridgehead atoms. The lowest BCUT2D eigenvalue weighted by Crippen LogP contribution is -2.25. The number of nitrogens with two attached hydrogens (primary N) is 1. The fraction of sp³-hybridized carbons (Fsp3) is 0.440. The van der Waals surface area contributed by atoms with Crippen molar-refractivity contribution in [1.29, 1.82) is 0 Å². The van der Waals surface area contributed by atoms with Gasteiger partial charge >= 0.3 is 0 Å². The topological polar surface area (TPSA) is 32.5 Å². The molecule has 28 heavy (non-hydrogen) atoms. The van der Waals surface area contributed by atoms with Crippen molar-refractivity contribution in [2.45, 2.75) is 47.5 Å². The summed E-state index contributed by atoms with van der Waals surface area (Å²) < 4.78 is 0. The van der Waals surface area contributed by atoms with Gasteiger partial charge in [0.15, 0.2) is 0 Å². The molecule has 0 heterocycles. The second kappa shape index (κ2) is 10.8. The Bertz CT molecular complexity index is 713. The Labute approximate surface area is 171 Å². The number of anilines is 2. The standard InChI is InChI=1S/C25H37N3/c1-6-15-22(26)25(20-16-11-13-18-23(20)27(7-2)8-3)21-17-12-14-19-24(21)28(9-4)10-5/h11-14,16-19H,6-10,15,26H2,1-5H3. The van der Waals surface area contributed by atoms with Crippen LogP contribution in [0.5, 0.6) is 0 Å². The molecule has 0 aliphatic heterocycles. The van der Waals surface area contributed by atoms with Crippen LogP contribution in [0.2, 0.25) is 0 Å². The van der Waals surface area contributed by atoms with Crippen molar-refractivity contribution in [3.05, 3.63) is 65.4 Å². The van der Waals surface area contributed by atoms with Crippen molar-refractivity contribution in [2.75, 3.05) is 36.0 Å². The smallest absolute Gasteiger partial charge is 0.0446 e. The zero-order valence-corrected chi connectivity index (χ0v) is 18.3. The molecule has 2 aromatic rings. The molecule has 0 aliphatic carbocycles. The third-order valence-electron chi connectivity index (χ3n) is 5.40. The summed E-state index contributed by atoms with van der Waals surface area (Å²) in [6.07, 6.45) is 1.94. The highest BCUT2D eigenvalue weighted by Crippen LogP contribution is 2.38. The third kappa shape index (κ3) is 4.70. The maximum Gasteiger partial charge on any atom is 0.0446 e. The van der Waals surface area contributed by atoms with E-state index in [-0.39, 0.29) is 0 Å². The molecule has 0 saturated heterocycles. The summed E-state index contributed by atoms with van der Waals surface area (Å²) in [5, 5.41) is 0. The van der Waals surface area contributed by atoms with E-state index >= 15 is 0 Å². The zero-order chi connectivity index (χ0) is 20.5.